The van der Waals surface area contributed by atoms with Crippen LogP contribution in [0.3, 0.4) is 0 Å². The molecule has 3 aromatic heterocycles. The molecule has 0 aliphatic rings. The molecule has 144 valence electrons. The van der Waals surface area contributed by atoms with Crippen LogP contribution in [0.4, 0.5) is 0 Å². The summed E-state index contributed by atoms with van der Waals surface area (Å²) < 4.78 is 5.19. The first-order chi connectivity index (χ1) is 14.2. The Kier molecular flexibility index (Phi) is 5.16. The molecule has 6 nitrogen and oxygen atoms in total. The summed E-state index contributed by atoms with van der Waals surface area (Å²) in [5.41, 5.74) is 3.83. The zero-order valence-electron chi connectivity index (χ0n) is 16.2. The van der Waals surface area contributed by atoms with Crippen molar-refractivity contribution in [1.82, 2.24) is 20.3 Å². The number of aromatic nitrogens is 3. The summed E-state index contributed by atoms with van der Waals surface area (Å²) >= 11 is 0. The summed E-state index contributed by atoms with van der Waals surface area (Å²) in [5, 5.41) is 3.90. The van der Waals surface area contributed by atoms with E-state index in [2.05, 4.69) is 20.3 Å². The Labute approximate surface area is 168 Å². The monoisotopic (exact) mass is 384 g/mol. The standard InChI is InChI=1S/C23H20N4O2/c1-15(16-5-7-18(29-2)8-6-16)26-23(28)22-12-19(17-4-3-10-24-13-17)20-14-25-11-9-21(20)27-22/h3-15H,1-2H3,(H,26,28)/t15-/m1/s1. The minimum absolute atomic E-state index is 0.176. The number of amides is 1. The van der Waals surface area contributed by atoms with Crippen molar-refractivity contribution >= 4 is 16.8 Å². The second-order valence-electron chi connectivity index (χ2n) is 6.66. The molecule has 0 spiro atoms. The molecule has 0 saturated heterocycles. The van der Waals surface area contributed by atoms with Crippen LogP contribution in [0.25, 0.3) is 22.0 Å². The molecule has 1 N–H and O–H groups in total. The van der Waals surface area contributed by atoms with Gasteiger partial charge in [-0.05, 0) is 48.4 Å². The zero-order valence-corrected chi connectivity index (χ0v) is 16.2. The molecule has 0 radical (unpaired) electrons. The Bertz CT molecular complexity index is 1140. The van der Waals surface area contributed by atoms with E-state index in [0.717, 1.165) is 27.8 Å². The highest BCUT2D eigenvalue weighted by atomic mass is 16.5. The van der Waals surface area contributed by atoms with Crippen molar-refractivity contribution < 1.29 is 9.53 Å². The number of pyridine rings is 3. The molecule has 0 bridgehead atoms. The topological polar surface area (TPSA) is 77.0 Å². The first-order valence-corrected chi connectivity index (χ1v) is 9.25. The van der Waals surface area contributed by atoms with E-state index in [9.17, 15) is 4.79 Å². The van der Waals surface area contributed by atoms with Gasteiger partial charge in [0.2, 0.25) is 0 Å². The molecule has 0 unspecified atom stereocenters. The van der Waals surface area contributed by atoms with Crippen molar-refractivity contribution in [1.29, 1.82) is 0 Å². The van der Waals surface area contributed by atoms with Gasteiger partial charge in [-0.15, -0.1) is 0 Å². The van der Waals surface area contributed by atoms with Gasteiger partial charge in [-0.25, -0.2) is 4.98 Å². The number of carbonyl (C=O) groups is 1. The molecular formula is C23H20N4O2. The number of ether oxygens (including phenoxy) is 1. The lowest BCUT2D eigenvalue weighted by Gasteiger charge is -2.15. The summed E-state index contributed by atoms with van der Waals surface area (Å²) in [7, 11) is 1.63. The minimum atomic E-state index is -0.239. The third-order valence-corrected chi connectivity index (χ3v) is 4.78. The first kappa shape index (κ1) is 18.6. The molecule has 1 aromatic carbocycles. The summed E-state index contributed by atoms with van der Waals surface area (Å²) in [6, 6.07) is 14.9. The Hall–Kier alpha value is -3.80. The predicted molar refractivity (Wildman–Crippen MR) is 112 cm³/mol. The van der Waals surface area contributed by atoms with Crippen LogP contribution in [-0.2, 0) is 0 Å². The lowest BCUT2D eigenvalue weighted by atomic mass is 10.0. The average Bonchev–Trinajstić information content (AvgIpc) is 2.78. The Balaban J connectivity index is 1.67. The van der Waals surface area contributed by atoms with E-state index in [1.54, 1.807) is 44.0 Å². The third kappa shape index (κ3) is 3.91. The fraction of sp³-hybridized carbons (Fsp3) is 0.130. The predicted octanol–water partition coefficient (Wildman–Crippen LogP) is 4.19. The molecule has 1 atom stereocenters. The van der Waals surface area contributed by atoms with E-state index in [1.165, 1.54) is 0 Å². The minimum Gasteiger partial charge on any atom is -0.497 e. The molecule has 29 heavy (non-hydrogen) atoms. The van der Waals surface area contributed by atoms with Gasteiger partial charge in [0.25, 0.3) is 5.91 Å². The van der Waals surface area contributed by atoms with E-state index in [-0.39, 0.29) is 11.9 Å². The number of fused-ring (bicyclic) bond motifs is 1. The number of nitrogens with zero attached hydrogens (tertiary/aromatic N) is 3. The van der Waals surface area contributed by atoms with Gasteiger partial charge in [0.1, 0.15) is 11.4 Å². The fourth-order valence-electron chi connectivity index (χ4n) is 3.19. The van der Waals surface area contributed by atoms with Crippen molar-refractivity contribution in [2.24, 2.45) is 0 Å². The van der Waals surface area contributed by atoms with Crippen LogP contribution < -0.4 is 10.1 Å². The maximum atomic E-state index is 12.9. The van der Waals surface area contributed by atoms with Gasteiger partial charge >= 0.3 is 0 Å². The quantitative estimate of drug-likeness (QED) is 0.558. The lowest BCUT2D eigenvalue weighted by molar-refractivity contribution is 0.0935. The first-order valence-electron chi connectivity index (χ1n) is 9.25. The Morgan fingerprint density at radius 3 is 2.55 bits per heavy atom. The number of carbonyl (C=O) groups excluding carboxylic acids is 1. The van der Waals surface area contributed by atoms with E-state index in [0.29, 0.717) is 11.2 Å². The van der Waals surface area contributed by atoms with Gasteiger partial charge in [-0.3, -0.25) is 14.8 Å². The highest BCUT2D eigenvalue weighted by molar-refractivity contribution is 6.01. The second-order valence-corrected chi connectivity index (χ2v) is 6.66. The maximum Gasteiger partial charge on any atom is 0.270 e. The summed E-state index contributed by atoms with van der Waals surface area (Å²) in [5.74, 6) is 0.537. The van der Waals surface area contributed by atoms with Crippen molar-refractivity contribution in [3.05, 3.63) is 84.6 Å². The number of nitrogens with one attached hydrogen (secondary N) is 1. The van der Waals surface area contributed by atoms with Gasteiger partial charge in [0, 0.05) is 35.7 Å². The summed E-state index contributed by atoms with van der Waals surface area (Å²) in [6.45, 7) is 1.94. The van der Waals surface area contributed by atoms with Gasteiger partial charge < -0.3 is 10.1 Å². The van der Waals surface area contributed by atoms with Crippen molar-refractivity contribution in [2.75, 3.05) is 7.11 Å². The summed E-state index contributed by atoms with van der Waals surface area (Å²) in [6.07, 6.45) is 6.91. The second kappa shape index (κ2) is 8.06. The van der Waals surface area contributed by atoms with Crippen LogP contribution in [0.5, 0.6) is 5.75 Å². The lowest BCUT2D eigenvalue weighted by Crippen LogP contribution is -2.27. The van der Waals surface area contributed by atoms with E-state index >= 15 is 0 Å². The number of hydrogen-bond donors (Lipinski definition) is 1. The van der Waals surface area contributed by atoms with Crippen LogP contribution in [0, 0.1) is 0 Å². The molecule has 0 saturated carbocycles. The smallest absolute Gasteiger partial charge is 0.270 e. The Morgan fingerprint density at radius 1 is 1.03 bits per heavy atom. The summed E-state index contributed by atoms with van der Waals surface area (Å²) in [4.78, 5) is 25.9. The molecule has 0 fully saturated rings. The fourth-order valence-corrected chi connectivity index (χ4v) is 3.19. The highest BCUT2D eigenvalue weighted by Crippen LogP contribution is 2.28. The van der Waals surface area contributed by atoms with Crippen LogP contribution in [0.15, 0.2) is 73.3 Å². The van der Waals surface area contributed by atoms with Crippen LogP contribution >= 0.6 is 0 Å². The average molecular weight is 384 g/mol. The van der Waals surface area contributed by atoms with Gasteiger partial charge in [-0.1, -0.05) is 18.2 Å². The molecule has 4 rings (SSSR count). The van der Waals surface area contributed by atoms with Gasteiger partial charge in [0.05, 0.1) is 18.7 Å². The van der Waals surface area contributed by atoms with Gasteiger partial charge in [-0.2, -0.15) is 0 Å². The van der Waals surface area contributed by atoms with Crippen molar-refractivity contribution in [3.8, 4) is 16.9 Å². The van der Waals surface area contributed by atoms with Crippen LogP contribution in [0.2, 0.25) is 0 Å². The zero-order chi connectivity index (χ0) is 20.2. The largest absolute Gasteiger partial charge is 0.497 e. The van der Waals surface area contributed by atoms with Crippen LogP contribution in [0.1, 0.15) is 29.0 Å². The Morgan fingerprint density at radius 2 is 1.83 bits per heavy atom. The molecule has 0 aliphatic carbocycles. The van der Waals surface area contributed by atoms with Crippen molar-refractivity contribution in [2.45, 2.75) is 13.0 Å². The SMILES string of the molecule is COc1ccc([C@@H](C)NC(=O)c2cc(-c3cccnc3)c3cnccc3n2)cc1. The van der Waals surface area contributed by atoms with E-state index in [4.69, 9.17) is 4.74 Å². The number of benzene rings is 1. The molecular weight excluding hydrogens is 364 g/mol. The molecule has 1 amide bonds. The maximum absolute atomic E-state index is 12.9. The molecule has 6 heteroatoms. The van der Waals surface area contributed by atoms with Crippen molar-refractivity contribution in [3.63, 3.8) is 0 Å². The number of hydrogen-bond acceptors (Lipinski definition) is 5. The van der Waals surface area contributed by atoms with Gasteiger partial charge in [0.15, 0.2) is 0 Å². The van der Waals surface area contributed by atoms with E-state index < -0.39 is 0 Å². The molecule has 4 aromatic rings. The normalized spacial score (nSPS) is 11.8. The molecule has 0 aliphatic heterocycles. The number of methoxy groups -OCH3 is 1. The number of rotatable bonds is 5. The molecule has 3 heterocycles. The van der Waals surface area contributed by atoms with E-state index in [1.807, 2.05) is 43.3 Å². The van der Waals surface area contributed by atoms with Crippen LogP contribution in [-0.4, -0.2) is 28.0 Å². The third-order valence-electron chi connectivity index (χ3n) is 4.78. The highest BCUT2D eigenvalue weighted by Gasteiger charge is 2.16.